The van der Waals surface area contributed by atoms with E-state index in [1.807, 2.05) is 18.4 Å². The van der Waals surface area contributed by atoms with E-state index in [1.54, 1.807) is 40.0 Å². The summed E-state index contributed by atoms with van der Waals surface area (Å²) in [5, 5.41) is 0. The maximum Gasteiger partial charge on any atom is 0.338 e. The van der Waals surface area contributed by atoms with Crippen molar-refractivity contribution < 1.29 is 27.5 Å². The van der Waals surface area contributed by atoms with Crippen LogP contribution in [-0.4, -0.2) is 62.5 Å². The van der Waals surface area contributed by atoms with Gasteiger partial charge in [0.05, 0.1) is 10.5 Å². The van der Waals surface area contributed by atoms with Crippen LogP contribution in [0.25, 0.3) is 0 Å². The molecule has 0 N–H and O–H groups in total. The maximum atomic E-state index is 12.8. The fourth-order valence-corrected chi connectivity index (χ4v) is 5.26. The minimum atomic E-state index is -3.72. The zero-order valence-corrected chi connectivity index (χ0v) is 21.1. The second kappa shape index (κ2) is 11.6. The third kappa shape index (κ3) is 6.10. The molecule has 0 bridgehead atoms. The predicted molar refractivity (Wildman–Crippen MR) is 126 cm³/mol. The molecule has 0 fully saturated rings. The molecule has 0 saturated carbocycles. The number of hydrogen-bond donors (Lipinski definition) is 0. The first kappa shape index (κ1) is 26.8. The lowest BCUT2D eigenvalue weighted by Crippen LogP contribution is -2.30. The second-order valence-electron chi connectivity index (χ2n) is 7.85. The Morgan fingerprint density at radius 3 is 2.30 bits per heavy atom. The van der Waals surface area contributed by atoms with Gasteiger partial charge in [0.1, 0.15) is 0 Å². The van der Waals surface area contributed by atoms with E-state index in [1.165, 1.54) is 16.4 Å². The summed E-state index contributed by atoms with van der Waals surface area (Å²) >= 11 is 0. The molecule has 0 amide bonds. The number of hydrogen-bond acceptors (Lipinski definition) is 6. The Bertz CT molecular complexity index is 1100. The number of aromatic nitrogens is 1. The summed E-state index contributed by atoms with van der Waals surface area (Å²) in [5.74, 6) is -1.04. The molecule has 0 radical (unpaired) electrons. The number of Topliss-reactive ketones (excluding diaryl/α,β-unsaturated/α-hetero) is 1. The zero-order valence-electron chi connectivity index (χ0n) is 20.3. The van der Waals surface area contributed by atoms with Gasteiger partial charge in [-0.2, -0.15) is 4.31 Å². The van der Waals surface area contributed by atoms with E-state index in [2.05, 4.69) is 0 Å². The Balaban J connectivity index is 2.17. The highest BCUT2D eigenvalue weighted by molar-refractivity contribution is 7.89. The minimum absolute atomic E-state index is 0.0229. The van der Waals surface area contributed by atoms with Gasteiger partial charge >= 0.3 is 5.97 Å². The molecule has 33 heavy (non-hydrogen) atoms. The van der Waals surface area contributed by atoms with Crippen LogP contribution in [-0.2, 0) is 26.0 Å². The van der Waals surface area contributed by atoms with Crippen molar-refractivity contribution in [2.75, 3.05) is 33.4 Å². The van der Waals surface area contributed by atoms with Crippen molar-refractivity contribution in [3.05, 3.63) is 52.3 Å². The largest absolute Gasteiger partial charge is 0.454 e. The summed E-state index contributed by atoms with van der Waals surface area (Å²) in [4.78, 5) is 25.5. The van der Waals surface area contributed by atoms with Crippen LogP contribution in [0.15, 0.2) is 29.2 Å². The first-order chi connectivity index (χ1) is 15.6. The lowest BCUT2D eigenvalue weighted by molar-refractivity contribution is 0.0473. The standard InChI is InChI=1S/C24H34N2O6S/c1-7-25(8-2)33(29,30)20-11-10-17(3)21(15-20)24(28)32-16-23(27)22-14-18(4)26(19(22)5)12-9-13-31-6/h10-11,14-15H,7-9,12-13,16H2,1-6H3. The van der Waals surface area contributed by atoms with Gasteiger partial charge in [0.15, 0.2) is 6.61 Å². The van der Waals surface area contributed by atoms with Gasteiger partial charge in [-0.15, -0.1) is 0 Å². The van der Waals surface area contributed by atoms with Crippen molar-refractivity contribution in [1.29, 1.82) is 0 Å². The smallest absolute Gasteiger partial charge is 0.338 e. The molecule has 0 saturated heterocycles. The molecule has 0 aliphatic heterocycles. The Hall–Kier alpha value is -2.49. The predicted octanol–water partition coefficient (Wildman–Crippen LogP) is 3.52. The highest BCUT2D eigenvalue weighted by atomic mass is 32.2. The minimum Gasteiger partial charge on any atom is -0.454 e. The molecular formula is C24H34N2O6S. The van der Waals surface area contributed by atoms with Crippen LogP contribution in [0.3, 0.4) is 0 Å². The Morgan fingerprint density at radius 2 is 1.70 bits per heavy atom. The van der Waals surface area contributed by atoms with Crippen LogP contribution in [0.1, 0.15) is 57.9 Å². The fraction of sp³-hybridized carbons (Fsp3) is 0.500. The quantitative estimate of drug-likeness (QED) is 0.263. The number of benzene rings is 1. The van der Waals surface area contributed by atoms with Crippen LogP contribution >= 0.6 is 0 Å². The Labute approximate surface area is 196 Å². The molecular weight excluding hydrogens is 444 g/mol. The van der Waals surface area contributed by atoms with E-state index in [4.69, 9.17) is 9.47 Å². The first-order valence-electron chi connectivity index (χ1n) is 11.0. The molecule has 0 spiro atoms. The average Bonchev–Trinajstić information content (AvgIpc) is 3.06. The summed E-state index contributed by atoms with van der Waals surface area (Å²) in [6, 6.07) is 6.16. The van der Waals surface area contributed by atoms with Crippen LogP contribution < -0.4 is 0 Å². The third-order valence-electron chi connectivity index (χ3n) is 5.71. The number of ether oxygens (including phenoxy) is 2. The molecule has 0 aliphatic rings. The van der Waals surface area contributed by atoms with Crippen molar-refractivity contribution in [3.8, 4) is 0 Å². The molecule has 9 heteroatoms. The van der Waals surface area contributed by atoms with E-state index in [0.717, 1.165) is 24.4 Å². The second-order valence-corrected chi connectivity index (χ2v) is 9.79. The molecule has 1 aromatic carbocycles. The van der Waals surface area contributed by atoms with Crippen molar-refractivity contribution in [1.82, 2.24) is 8.87 Å². The van der Waals surface area contributed by atoms with E-state index in [9.17, 15) is 18.0 Å². The third-order valence-corrected chi connectivity index (χ3v) is 7.76. The number of carbonyl (C=O) groups excluding carboxylic acids is 2. The number of carbonyl (C=O) groups is 2. The van der Waals surface area contributed by atoms with Crippen LogP contribution in [0.5, 0.6) is 0 Å². The van der Waals surface area contributed by atoms with E-state index >= 15 is 0 Å². The maximum absolute atomic E-state index is 12.8. The normalized spacial score (nSPS) is 11.7. The van der Waals surface area contributed by atoms with E-state index < -0.39 is 22.6 Å². The van der Waals surface area contributed by atoms with Gasteiger partial charge in [-0.3, -0.25) is 4.79 Å². The van der Waals surface area contributed by atoms with Gasteiger partial charge in [0, 0.05) is 50.3 Å². The topological polar surface area (TPSA) is 94.9 Å². The number of aryl methyl sites for hydroxylation is 2. The first-order valence-corrected chi connectivity index (χ1v) is 12.5. The van der Waals surface area contributed by atoms with Gasteiger partial charge in [0.2, 0.25) is 15.8 Å². The monoisotopic (exact) mass is 478 g/mol. The van der Waals surface area contributed by atoms with Crippen LogP contribution in [0.2, 0.25) is 0 Å². The molecule has 182 valence electrons. The molecule has 8 nitrogen and oxygen atoms in total. The molecule has 2 aromatic rings. The summed E-state index contributed by atoms with van der Waals surface area (Å²) in [5.41, 5.74) is 2.97. The Kier molecular flexibility index (Phi) is 9.39. The lowest BCUT2D eigenvalue weighted by Gasteiger charge is -2.19. The number of ketones is 1. The molecule has 2 rings (SSSR count). The van der Waals surface area contributed by atoms with Gasteiger partial charge in [-0.1, -0.05) is 19.9 Å². The number of esters is 1. The summed E-state index contributed by atoms with van der Waals surface area (Å²) in [7, 11) is -2.07. The van der Waals surface area contributed by atoms with Crippen molar-refractivity contribution >= 4 is 21.8 Å². The lowest BCUT2D eigenvalue weighted by atomic mass is 10.1. The van der Waals surface area contributed by atoms with Gasteiger partial charge in [-0.25, -0.2) is 13.2 Å². The van der Waals surface area contributed by atoms with Crippen LogP contribution in [0.4, 0.5) is 0 Å². The summed E-state index contributed by atoms with van der Waals surface area (Å²) in [6.07, 6.45) is 0.821. The number of sulfonamides is 1. The van der Waals surface area contributed by atoms with E-state index in [0.29, 0.717) is 30.8 Å². The van der Waals surface area contributed by atoms with Crippen molar-refractivity contribution in [2.24, 2.45) is 0 Å². The van der Waals surface area contributed by atoms with Gasteiger partial charge in [0.25, 0.3) is 0 Å². The van der Waals surface area contributed by atoms with E-state index in [-0.39, 0.29) is 16.2 Å². The number of methoxy groups -OCH3 is 1. The molecule has 0 unspecified atom stereocenters. The van der Waals surface area contributed by atoms with Crippen LogP contribution in [0, 0.1) is 20.8 Å². The molecule has 1 aromatic heterocycles. The summed E-state index contributed by atoms with van der Waals surface area (Å²) < 4.78 is 39.3. The van der Waals surface area contributed by atoms with Crippen molar-refractivity contribution in [3.63, 3.8) is 0 Å². The highest BCUT2D eigenvalue weighted by Gasteiger charge is 2.24. The highest BCUT2D eigenvalue weighted by Crippen LogP contribution is 2.21. The average molecular weight is 479 g/mol. The Morgan fingerprint density at radius 1 is 1.03 bits per heavy atom. The molecule has 1 heterocycles. The fourth-order valence-electron chi connectivity index (χ4n) is 3.78. The van der Waals surface area contributed by atoms with Gasteiger partial charge in [-0.05, 0) is 51.0 Å². The van der Waals surface area contributed by atoms with Gasteiger partial charge < -0.3 is 14.0 Å². The van der Waals surface area contributed by atoms with Crippen molar-refractivity contribution in [2.45, 2.75) is 52.5 Å². The number of rotatable bonds is 12. The molecule has 0 aliphatic carbocycles. The molecule has 0 atom stereocenters. The number of nitrogens with zero attached hydrogens (tertiary/aromatic N) is 2. The SMILES string of the molecule is CCN(CC)S(=O)(=O)c1ccc(C)c(C(=O)OCC(=O)c2cc(C)n(CCCOC)c2C)c1. The zero-order chi connectivity index (χ0) is 24.8. The summed E-state index contributed by atoms with van der Waals surface area (Å²) in [6.45, 7) is 10.6.